The summed E-state index contributed by atoms with van der Waals surface area (Å²) in [6.07, 6.45) is 13.9. The van der Waals surface area contributed by atoms with Crippen molar-refractivity contribution in [1.82, 2.24) is 4.57 Å². The number of para-hydroxylation sites is 1. The lowest BCUT2D eigenvalue weighted by Crippen LogP contribution is -2.13. The van der Waals surface area contributed by atoms with E-state index in [9.17, 15) is 10.0 Å². The van der Waals surface area contributed by atoms with Crippen molar-refractivity contribution in [3.8, 4) is 18.0 Å². The van der Waals surface area contributed by atoms with E-state index in [4.69, 9.17) is 6.42 Å². The summed E-state index contributed by atoms with van der Waals surface area (Å²) in [7, 11) is -1.53. The molecule has 4 heteroatoms. The van der Waals surface area contributed by atoms with E-state index in [2.05, 4.69) is 19.4 Å². The summed E-state index contributed by atoms with van der Waals surface area (Å²) in [4.78, 5) is 0. The van der Waals surface area contributed by atoms with Crippen molar-refractivity contribution in [2.24, 2.45) is 0 Å². The second kappa shape index (κ2) is 11.1. The Bertz CT molecular complexity index is 853. The lowest BCUT2D eigenvalue weighted by molar-refractivity contribution is 0.419. The van der Waals surface area contributed by atoms with Gasteiger partial charge in [0, 0.05) is 5.69 Å². The molecule has 0 radical (unpaired) electrons. The molecule has 140 valence electrons. The molecular formula is C23H28BNO2. The van der Waals surface area contributed by atoms with E-state index in [0.717, 1.165) is 34.6 Å². The molecule has 1 aromatic heterocycles. The third kappa shape index (κ3) is 5.13. The molecule has 0 bridgehead atoms. The molecule has 3 nitrogen and oxygen atoms in total. The van der Waals surface area contributed by atoms with Crippen molar-refractivity contribution in [3.63, 3.8) is 0 Å². The Hall–Kier alpha value is -2.74. The molecule has 1 heterocycles. The van der Waals surface area contributed by atoms with E-state index in [-0.39, 0.29) is 0 Å². The Balaban J connectivity index is 0.00000176. The maximum atomic E-state index is 9.48. The number of allylic oxidation sites excluding steroid dienone is 3. The lowest BCUT2D eigenvalue weighted by Gasteiger charge is -2.11. The molecule has 1 aromatic carbocycles. The summed E-state index contributed by atoms with van der Waals surface area (Å²) < 4.78 is 2.04. The quantitative estimate of drug-likeness (QED) is 0.447. The highest BCUT2D eigenvalue weighted by molar-refractivity contribution is 6.51. The molecule has 2 rings (SSSR count). The molecule has 2 aromatic rings. The lowest BCUT2D eigenvalue weighted by atomic mass is 9.80. The first kappa shape index (κ1) is 22.3. The highest BCUT2D eigenvalue weighted by Crippen LogP contribution is 2.30. The van der Waals surface area contributed by atoms with Crippen LogP contribution in [0.3, 0.4) is 0 Å². The monoisotopic (exact) mass is 361 g/mol. The molecule has 0 saturated carbocycles. The van der Waals surface area contributed by atoms with E-state index in [1.54, 1.807) is 19.1 Å². The second-order valence-electron chi connectivity index (χ2n) is 5.65. The Kier molecular flexibility index (Phi) is 9.15. The molecule has 0 saturated heterocycles. The summed E-state index contributed by atoms with van der Waals surface area (Å²) in [5.41, 5.74) is 4.90. The fourth-order valence-corrected chi connectivity index (χ4v) is 2.79. The third-order valence-electron chi connectivity index (χ3n) is 4.02. The minimum absolute atomic E-state index is 0.424. The SMILES string of the molecule is C#Cc1c(CC)c(/C=C\C=C)n(-c2ccccc2)c1/C=C(\C)B(O)O.CC. The Labute approximate surface area is 163 Å². The zero-order chi connectivity index (χ0) is 20.4. The number of benzene rings is 1. The predicted octanol–water partition coefficient (Wildman–Crippen LogP) is 4.66. The van der Waals surface area contributed by atoms with Crippen molar-refractivity contribution < 1.29 is 10.0 Å². The van der Waals surface area contributed by atoms with E-state index >= 15 is 0 Å². The van der Waals surface area contributed by atoms with Gasteiger partial charge in [-0.3, -0.25) is 0 Å². The number of rotatable bonds is 6. The van der Waals surface area contributed by atoms with Gasteiger partial charge in [0.1, 0.15) is 0 Å². The molecular weight excluding hydrogens is 333 g/mol. The van der Waals surface area contributed by atoms with Crippen LogP contribution in [0.5, 0.6) is 0 Å². The molecule has 0 amide bonds. The summed E-state index contributed by atoms with van der Waals surface area (Å²) in [6.45, 7) is 11.5. The number of hydrogen-bond acceptors (Lipinski definition) is 2. The van der Waals surface area contributed by atoms with Crippen molar-refractivity contribution in [3.05, 3.63) is 77.1 Å². The maximum absolute atomic E-state index is 9.48. The zero-order valence-corrected chi connectivity index (χ0v) is 16.6. The second-order valence-corrected chi connectivity index (χ2v) is 5.65. The topological polar surface area (TPSA) is 45.4 Å². The normalized spacial score (nSPS) is 10.9. The first-order valence-corrected chi connectivity index (χ1v) is 9.18. The van der Waals surface area contributed by atoms with Crippen LogP contribution in [0.4, 0.5) is 0 Å². The molecule has 2 N–H and O–H groups in total. The zero-order valence-electron chi connectivity index (χ0n) is 16.6. The molecule has 0 atom stereocenters. The molecule has 0 aliphatic heterocycles. The van der Waals surface area contributed by atoms with Gasteiger partial charge in [0.05, 0.1) is 17.0 Å². The van der Waals surface area contributed by atoms with Gasteiger partial charge in [-0.1, -0.05) is 63.6 Å². The number of hydrogen-bond donors (Lipinski definition) is 2. The average Bonchev–Trinajstić information content (AvgIpc) is 3.00. The fourth-order valence-electron chi connectivity index (χ4n) is 2.79. The van der Waals surface area contributed by atoms with Crippen LogP contribution in [-0.4, -0.2) is 21.7 Å². The Morgan fingerprint density at radius 1 is 1.22 bits per heavy atom. The van der Waals surface area contributed by atoms with E-state index in [0.29, 0.717) is 5.47 Å². The minimum atomic E-state index is -1.53. The van der Waals surface area contributed by atoms with Gasteiger partial charge in [-0.15, -0.1) is 6.42 Å². The Morgan fingerprint density at radius 2 is 1.85 bits per heavy atom. The number of terminal acetylenes is 1. The highest BCUT2D eigenvalue weighted by atomic mass is 16.4. The summed E-state index contributed by atoms with van der Waals surface area (Å²) in [5, 5.41) is 19.0. The highest BCUT2D eigenvalue weighted by Gasteiger charge is 2.20. The standard InChI is InChI=1S/C21H22BNO2.C2H6/c1-5-8-14-20-18(6-2)19(7-3)21(15-16(4)22(24)25)23(20)17-12-10-9-11-13-17;1-2/h3,5,8-15,24-25H,1,6H2,2,4H3;1-2H3/b14-8-,16-15+;. The van der Waals surface area contributed by atoms with E-state index < -0.39 is 7.12 Å². The fraction of sp³-hybridized carbons (Fsp3) is 0.217. The van der Waals surface area contributed by atoms with Crippen LogP contribution < -0.4 is 0 Å². The molecule has 0 spiro atoms. The molecule has 0 aliphatic carbocycles. The largest absolute Gasteiger partial charge is 0.483 e. The minimum Gasteiger partial charge on any atom is -0.423 e. The summed E-state index contributed by atoms with van der Waals surface area (Å²) in [5.74, 6) is 2.78. The van der Waals surface area contributed by atoms with E-state index in [1.165, 1.54) is 0 Å². The van der Waals surface area contributed by atoms with Gasteiger partial charge in [0.25, 0.3) is 0 Å². The number of aromatic nitrogens is 1. The van der Waals surface area contributed by atoms with E-state index in [1.807, 2.05) is 60.9 Å². The average molecular weight is 361 g/mol. The smallest absolute Gasteiger partial charge is 0.423 e. The van der Waals surface area contributed by atoms with Crippen molar-refractivity contribution >= 4 is 19.3 Å². The maximum Gasteiger partial charge on any atom is 0.483 e. The predicted molar refractivity (Wildman–Crippen MR) is 118 cm³/mol. The first-order valence-electron chi connectivity index (χ1n) is 9.18. The van der Waals surface area contributed by atoms with Crippen LogP contribution in [-0.2, 0) is 6.42 Å². The van der Waals surface area contributed by atoms with Gasteiger partial charge in [-0.05, 0) is 48.7 Å². The summed E-state index contributed by atoms with van der Waals surface area (Å²) in [6, 6.07) is 9.85. The molecule has 27 heavy (non-hydrogen) atoms. The van der Waals surface area contributed by atoms with Gasteiger partial charge in [0.15, 0.2) is 0 Å². The summed E-state index contributed by atoms with van der Waals surface area (Å²) >= 11 is 0. The molecule has 0 unspecified atom stereocenters. The molecule has 0 fully saturated rings. The van der Waals surface area contributed by atoms with Gasteiger partial charge in [-0.25, -0.2) is 0 Å². The van der Waals surface area contributed by atoms with Crippen molar-refractivity contribution in [1.29, 1.82) is 0 Å². The van der Waals surface area contributed by atoms with Gasteiger partial charge in [-0.2, -0.15) is 0 Å². The van der Waals surface area contributed by atoms with Gasteiger partial charge < -0.3 is 14.6 Å². The molecule has 0 aliphatic rings. The van der Waals surface area contributed by atoms with Crippen molar-refractivity contribution in [2.75, 3.05) is 0 Å². The van der Waals surface area contributed by atoms with Gasteiger partial charge >= 0.3 is 7.12 Å². The van der Waals surface area contributed by atoms with Crippen LogP contribution >= 0.6 is 0 Å². The van der Waals surface area contributed by atoms with Crippen molar-refractivity contribution in [2.45, 2.75) is 34.1 Å². The number of nitrogens with zero attached hydrogens (tertiary/aromatic N) is 1. The van der Waals surface area contributed by atoms with Crippen LogP contribution in [0, 0.1) is 12.3 Å². The van der Waals surface area contributed by atoms with Crippen LogP contribution in [0.15, 0.2) is 54.5 Å². The third-order valence-corrected chi connectivity index (χ3v) is 4.02. The van der Waals surface area contributed by atoms with Crippen LogP contribution in [0.2, 0.25) is 0 Å². The Morgan fingerprint density at radius 3 is 2.33 bits per heavy atom. The van der Waals surface area contributed by atoms with Crippen LogP contribution in [0.1, 0.15) is 50.2 Å². The van der Waals surface area contributed by atoms with Gasteiger partial charge in [0.2, 0.25) is 0 Å². The first-order chi connectivity index (χ1) is 13.0. The van der Waals surface area contributed by atoms with Crippen LogP contribution in [0.25, 0.3) is 17.8 Å².